The van der Waals surface area contributed by atoms with E-state index < -0.39 is 6.04 Å². The first-order valence-corrected chi connectivity index (χ1v) is 12.2. The highest BCUT2D eigenvalue weighted by Crippen LogP contribution is 2.29. The second-order valence-electron chi connectivity index (χ2n) is 8.40. The topological polar surface area (TPSA) is 129 Å². The normalized spacial score (nSPS) is 16.5. The Labute approximate surface area is 205 Å². The van der Waals surface area contributed by atoms with E-state index in [1.165, 1.54) is 11.3 Å². The second-order valence-corrected chi connectivity index (χ2v) is 9.53. The molecular weight excluding hydrogens is 454 g/mol. The molecule has 1 aromatic carbocycles. The molecule has 0 spiro atoms. The number of hydrogen-bond acceptors (Lipinski definition) is 7. The molecular formula is C24H33N5O4S. The summed E-state index contributed by atoms with van der Waals surface area (Å²) >= 11 is 1.51. The molecule has 0 aliphatic carbocycles. The van der Waals surface area contributed by atoms with E-state index in [1.807, 2.05) is 17.9 Å². The van der Waals surface area contributed by atoms with Gasteiger partial charge in [0.25, 0.3) is 11.8 Å². The SMILES string of the molecule is CC[C@@H](NC(=O)c1ccc(N)c(C=N)c1)C(=O)N1CCc2sc(C(=O)N3CCOCC3)cc2C1.[HH].[HH]. The van der Waals surface area contributed by atoms with Gasteiger partial charge in [0.1, 0.15) is 6.04 Å². The molecule has 34 heavy (non-hydrogen) atoms. The van der Waals surface area contributed by atoms with E-state index in [-0.39, 0.29) is 20.6 Å². The fourth-order valence-corrected chi connectivity index (χ4v) is 5.32. The van der Waals surface area contributed by atoms with E-state index in [1.54, 1.807) is 23.1 Å². The number of fused-ring (bicyclic) bond motifs is 1. The quantitative estimate of drug-likeness (QED) is 0.426. The number of nitrogens with one attached hydrogen (secondary N) is 2. The average molecular weight is 488 g/mol. The number of benzene rings is 1. The minimum atomic E-state index is -0.664. The van der Waals surface area contributed by atoms with Gasteiger partial charge >= 0.3 is 0 Å². The highest BCUT2D eigenvalue weighted by molar-refractivity contribution is 7.14. The van der Waals surface area contributed by atoms with Crippen LogP contribution in [0.1, 0.15) is 52.2 Å². The number of nitrogens with two attached hydrogens (primary N) is 1. The molecule has 0 radical (unpaired) electrons. The van der Waals surface area contributed by atoms with Crippen LogP contribution >= 0.6 is 11.3 Å². The zero-order valence-electron chi connectivity index (χ0n) is 19.1. The van der Waals surface area contributed by atoms with Crippen molar-refractivity contribution in [3.05, 3.63) is 50.7 Å². The predicted molar refractivity (Wildman–Crippen MR) is 135 cm³/mol. The molecule has 1 atom stereocenters. The third-order valence-corrected chi connectivity index (χ3v) is 7.43. The van der Waals surface area contributed by atoms with Crippen LogP contribution in [-0.4, -0.2) is 72.6 Å². The summed E-state index contributed by atoms with van der Waals surface area (Å²) in [6.07, 6.45) is 2.23. The van der Waals surface area contributed by atoms with Gasteiger partial charge < -0.3 is 31.0 Å². The number of hydrogen-bond donors (Lipinski definition) is 3. The Morgan fingerprint density at radius 1 is 1.24 bits per heavy atom. The molecule has 1 aromatic heterocycles. The van der Waals surface area contributed by atoms with Crippen LogP contribution in [0.2, 0.25) is 0 Å². The number of nitrogens with zero attached hydrogens (tertiary/aromatic N) is 2. The largest absolute Gasteiger partial charge is 0.398 e. The number of carbonyl (C=O) groups excluding carboxylic acids is 3. The molecule has 1 fully saturated rings. The van der Waals surface area contributed by atoms with E-state index in [9.17, 15) is 14.4 Å². The maximum Gasteiger partial charge on any atom is 0.264 e. The standard InChI is InChI=1S/C24H29N5O4S.2H2/c1-2-19(27-22(30)15-3-4-18(26)16(11-15)13-25)23(31)29-6-5-20-17(14-29)12-21(34-20)24(32)28-7-9-33-10-8-28;;/h3-4,11-13,19,25H,2,5-10,14,26H2,1H3,(H,27,30);2*1H/t19-;;/m1../s1. The molecule has 0 bridgehead atoms. The summed E-state index contributed by atoms with van der Waals surface area (Å²) in [5, 5.41) is 10.2. The summed E-state index contributed by atoms with van der Waals surface area (Å²) in [6.45, 7) is 5.13. The molecule has 4 N–H and O–H groups in total. The Kier molecular flexibility index (Phi) is 7.28. The van der Waals surface area contributed by atoms with Gasteiger partial charge in [-0.05, 0) is 42.7 Å². The van der Waals surface area contributed by atoms with Crippen molar-refractivity contribution >= 4 is 41.0 Å². The first kappa shape index (κ1) is 23.9. The van der Waals surface area contributed by atoms with Gasteiger partial charge in [-0.25, -0.2) is 0 Å². The first-order valence-electron chi connectivity index (χ1n) is 11.4. The first-order chi connectivity index (χ1) is 16.4. The van der Waals surface area contributed by atoms with Crippen LogP contribution in [0.25, 0.3) is 0 Å². The van der Waals surface area contributed by atoms with E-state index in [4.69, 9.17) is 15.9 Å². The predicted octanol–water partition coefficient (Wildman–Crippen LogP) is 2.39. The zero-order chi connectivity index (χ0) is 24.2. The van der Waals surface area contributed by atoms with Crippen molar-refractivity contribution in [1.29, 1.82) is 5.41 Å². The molecule has 0 unspecified atom stereocenters. The number of amides is 3. The molecule has 2 aromatic rings. The fraction of sp³-hybridized carbons (Fsp3) is 0.417. The molecule has 10 heteroatoms. The van der Waals surface area contributed by atoms with Gasteiger partial charge in [0.2, 0.25) is 5.91 Å². The minimum absolute atomic E-state index is 0. The van der Waals surface area contributed by atoms with Gasteiger partial charge in [0.15, 0.2) is 0 Å². The Morgan fingerprint density at radius 2 is 2.00 bits per heavy atom. The van der Waals surface area contributed by atoms with Crippen LogP contribution < -0.4 is 11.1 Å². The zero-order valence-corrected chi connectivity index (χ0v) is 20.0. The van der Waals surface area contributed by atoms with Crippen molar-refractivity contribution in [2.24, 2.45) is 0 Å². The van der Waals surface area contributed by atoms with Crippen LogP contribution in [-0.2, 0) is 22.5 Å². The molecule has 9 nitrogen and oxygen atoms in total. The van der Waals surface area contributed by atoms with Crippen molar-refractivity contribution < 1.29 is 22.0 Å². The third kappa shape index (κ3) is 4.97. The smallest absolute Gasteiger partial charge is 0.264 e. The maximum atomic E-state index is 13.2. The summed E-state index contributed by atoms with van der Waals surface area (Å²) in [5.74, 6) is -0.501. The number of anilines is 1. The Balaban J connectivity index is 0.00000228. The van der Waals surface area contributed by atoms with Crippen LogP contribution in [0.4, 0.5) is 5.69 Å². The average Bonchev–Trinajstić information content (AvgIpc) is 3.30. The molecule has 4 rings (SSSR count). The van der Waals surface area contributed by atoms with Crippen molar-refractivity contribution in [2.75, 3.05) is 38.6 Å². The molecule has 2 aliphatic rings. The summed E-state index contributed by atoms with van der Waals surface area (Å²) in [5.41, 5.74) is 8.02. The van der Waals surface area contributed by atoms with Crippen molar-refractivity contribution in [2.45, 2.75) is 32.4 Å². The number of carbonyl (C=O) groups is 3. The number of ether oxygens (including phenoxy) is 1. The van der Waals surface area contributed by atoms with E-state index >= 15 is 0 Å². The van der Waals surface area contributed by atoms with Gasteiger partial charge in [-0.15, -0.1) is 11.3 Å². The van der Waals surface area contributed by atoms with Crippen molar-refractivity contribution in [3.8, 4) is 0 Å². The minimum Gasteiger partial charge on any atom is -0.398 e. The summed E-state index contributed by atoms with van der Waals surface area (Å²) in [6, 6.07) is 5.95. The molecule has 2 aliphatic heterocycles. The molecule has 1 saturated heterocycles. The Bertz CT molecular complexity index is 1120. The van der Waals surface area contributed by atoms with Crippen LogP contribution in [0, 0.1) is 5.41 Å². The lowest BCUT2D eigenvalue weighted by atomic mass is 10.1. The van der Waals surface area contributed by atoms with E-state index in [0.29, 0.717) is 73.9 Å². The molecule has 3 heterocycles. The van der Waals surface area contributed by atoms with Crippen molar-refractivity contribution in [3.63, 3.8) is 0 Å². The van der Waals surface area contributed by atoms with Gasteiger partial charge in [0.05, 0.1) is 18.1 Å². The summed E-state index contributed by atoms with van der Waals surface area (Å²) in [7, 11) is 0. The fourth-order valence-electron chi connectivity index (χ4n) is 4.19. The molecule has 3 amide bonds. The maximum absolute atomic E-state index is 13.2. The number of thiophene rings is 1. The van der Waals surface area contributed by atoms with Crippen LogP contribution in [0.5, 0.6) is 0 Å². The lowest BCUT2D eigenvalue weighted by Gasteiger charge is -2.30. The van der Waals surface area contributed by atoms with Crippen LogP contribution in [0.15, 0.2) is 24.3 Å². The monoisotopic (exact) mass is 487 g/mol. The highest BCUT2D eigenvalue weighted by atomic mass is 32.1. The second kappa shape index (κ2) is 10.4. The number of nitrogen functional groups attached to an aromatic ring is 1. The van der Waals surface area contributed by atoms with Crippen LogP contribution in [0.3, 0.4) is 0 Å². The Morgan fingerprint density at radius 3 is 2.71 bits per heavy atom. The van der Waals surface area contributed by atoms with Gasteiger partial charge in [-0.3, -0.25) is 14.4 Å². The molecule has 0 saturated carbocycles. The van der Waals surface area contributed by atoms with Gasteiger partial charge in [-0.1, -0.05) is 6.92 Å². The van der Waals surface area contributed by atoms with Gasteiger partial charge in [0, 0.05) is 56.9 Å². The molecule has 184 valence electrons. The highest BCUT2D eigenvalue weighted by Gasteiger charge is 2.30. The summed E-state index contributed by atoms with van der Waals surface area (Å²) in [4.78, 5) is 44.2. The number of morpholine rings is 1. The van der Waals surface area contributed by atoms with Gasteiger partial charge in [-0.2, -0.15) is 0 Å². The van der Waals surface area contributed by atoms with E-state index in [2.05, 4.69) is 5.32 Å². The number of rotatable bonds is 6. The Hall–Kier alpha value is -3.24. The lowest BCUT2D eigenvalue weighted by molar-refractivity contribution is -0.134. The van der Waals surface area contributed by atoms with Crippen molar-refractivity contribution in [1.82, 2.24) is 15.1 Å². The van der Waals surface area contributed by atoms with E-state index in [0.717, 1.165) is 16.7 Å². The lowest BCUT2D eigenvalue weighted by Crippen LogP contribution is -2.49. The summed E-state index contributed by atoms with van der Waals surface area (Å²) < 4.78 is 5.33. The third-order valence-electron chi connectivity index (χ3n) is 6.20.